The number of hydrogen-bond donors (Lipinski definition) is 0. The van der Waals surface area contributed by atoms with E-state index in [2.05, 4.69) is 93.3 Å². The Morgan fingerprint density at radius 1 is 0.591 bits per heavy atom. The van der Waals surface area contributed by atoms with Crippen molar-refractivity contribution in [2.75, 3.05) is 0 Å². The number of benzene rings is 3. The third kappa shape index (κ3) is 2.83. The van der Waals surface area contributed by atoms with Gasteiger partial charge in [-0.1, -0.05) is 0 Å². The van der Waals surface area contributed by atoms with E-state index in [1.807, 2.05) is 18.2 Å². The second-order valence-electron chi connectivity index (χ2n) is 5.01. The monoisotopic (exact) mass is 506 g/mol. The molecule has 0 aromatic heterocycles. The van der Waals surface area contributed by atoms with E-state index in [1.165, 1.54) is 16.7 Å². The fourth-order valence-electron chi connectivity index (χ4n) is 2.80. The van der Waals surface area contributed by atoms with E-state index in [4.69, 9.17) is 11.2 Å². The minimum absolute atomic E-state index is 0.316. The van der Waals surface area contributed by atoms with Gasteiger partial charge in [-0.05, 0) is 0 Å². The summed E-state index contributed by atoms with van der Waals surface area (Å²) in [6.45, 7) is 0. The first kappa shape index (κ1) is 16.0. The average molecular weight is 507 g/mol. The molecule has 0 radical (unpaired) electrons. The fraction of sp³-hybridized carbons (Fsp3) is 0.0526. The second kappa shape index (κ2) is 7.13. The molecule has 1 unspecified atom stereocenters. The predicted octanol–water partition coefficient (Wildman–Crippen LogP) is 6.08. The molecule has 0 aliphatic carbocycles. The predicted molar refractivity (Wildman–Crippen MR) is 92.0 cm³/mol. The molecule has 0 amide bonds. The average Bonchev–Trinajstić information content (AvgIpc) is 2.58. The molecule has 0 saturated carbocycles. The quantitative estimate of drug-likeness (QED) is 0.229. The van der Waals surface area contributed by atoms with Crippen LogP contribution in [-0.2, 0) is 25.7 Å². The van der Waals surface area contributed by atoms with Gasteiger partial charge in [0.2, 0.25) is 0 Å². The van der Waals surface area contributed by atoms with E-state index in [-0.39, 0.29) is 5.16 Å². The van der Waals surface area contributed by atoms with Gasteiger partial charge in [0.25, 0.3) is 0 Å². The molecular weight excluding hydrogens is 492 g/mol. The third-order valence-corrected chi connectivity index (χ3v) is 7.97. The normalized spacial score (nSPS) is 12.9. The van der Waals surface area contributed by atoms with Crippen LogP contribution in [0.1, 0.15) is 16.7 Å². The Morgan fingerprint density at radius 2 is 0.864 bits per heavy atom. The topological polar surface area (TPSA) is 0 Å². The Bertz CT molecular complexity index is 618. The van der Waals surface area contributed by atoms with Gasteiger partial charge >= 0.3 is 150 Å². The van der Waals surface area contributed by atoms with Crippen molar-refractivity contribution in [3.05, 3.63) is 108 Å². The molecule has 3 aromatic carbocycles. The van der Waals surface area contributed by atoms with Gasteiger partial charge in [0.15, 0.2) is 0 Å². The summed E-state index contributed by atoms with van der Waals surface area (Å²) in [5.41, 5.74) is 3.70. The number of rotatable bonds is 4. The van der Waals surface area contributed by atoms with Crippen molar-refractivity contribution in [3.8, 4) is 0 Å². The SMILES string of the molecule is Cl[P]([Au])C(c1ccccc1)(c1ccccc1)c1ccccc1. The van der Waals surface area contributed by atoms with Crippen molar-refractivity contribution in [3.63, 3.8) is 0 Å². The molecule has 1 atom stereocenters. The molecular formula is C19H15AuClP. The molecule has 0 bridgehead atoms. The second-order valence-corrected chi connectivity index (χ2v) is 11.6. The molecule has 0 fully saturated rings. The Kier molecular flexibility index (Phi) is 5.18. The van der Waals surface area contributed by atoms with Gasteiger partial charge in [-0.15, -0.1) is 0 Å². The van der Waals surface area contributed by atoms with Crippen molar-refractivity contribution in [1.29, 1.82) is 0 Å². The van der Waals surface area contributed by atoms with Gasteiger partial charge in [0.05, 0.1) is 0 Å². The zero-order valence-electron chi connectivity index (χ0n) is 11.8. The maximum absolute atomic E-state index is 6.84. The van der Waals surface area contributed by atoms with Crippen LogP contribution in [0.15, 0.2) is 91.0 Å². The van der Waals surface area contributed by atoms with Crippen LogP contribution in [0.2, 0.25) is 0 Å². The Labute approximate surface area is 149 Å². The van der Waals surface area contributed by atoms with Gasteiger partial charge in [0, 0.05) is 0 Å². The molecule has 0 aliphatic heterocycles. The van der Waals surface area contributed by atoms with Crippen molar-refractivity contribution < 1.29 is 20.5 Å². The van der Waals surface area contributed by atoms with Crippen molar-refractivity contribution in [2.45, 2.75) is 5.16 Å². The molecule has 114 valence electrons. The van der Waals surface area contributed by atoms with Crippen LogP contribution in [0.4, 0.5) is 0 Å². The molecule has 0 aliphatic rings. The first-order valence-electron chi connectivity index (χ1n) is 7.01. The van der Waals surface area contributed by atoms with Crippen LogP contribution >= 0.6 is 16.4 Å². The molecule has 0 spiro atoms. The van der Waals surface area contributed by atoms with Gasteiger partial charge in [0.1, 0.15) is 0 Å². The first-order valence-corrected chi connectivity index (χ1v) is 12.0. The van der Waals surface area contributed by atoms with E-state index < -0.39 is 5.16 Å². The zero-order chi connectivity index (χ0) is 15.4. The summed E-state index contributed by atoms with van der Waals surface area (Å²) >= 11 is 9.46. The standard InChI is InChI=1S/C19H15ClP.Au/c20-21-19(16-10-4-1-5-11-16,17-12-6-2-7-13-17)18-14-8-3-9-15-18;/h1-15H;/q-1;+1. The summed E-state index contributed by atoms with van der Waals surface area (Å²) in [6, 6.07) is 31.7. The van der Waals surface area contributed by atoms with Gasteiger partial charge in [-0.25, -0.2) is 0 Å². The number of halogens is 1. The van der Waals surface area contributed by atoms with Crippen LogP contribution in [0.3, 0.4) is 0 Å². The maximum atomic E-state index is 6.84. The van der Waals surface area contributed by atoms with E-state index in [1.54, 1.807) is 0 Å². The summed E-state index contributed by atoms with van der Waals surface area (Å²) in [4.78, 5) is 0. The van der Waals surface area contributed by atoms with Crippen LogP contribution in [-0.4, -0.2) is 0 Å². The van der Waals surface area contributed by atoms with Crippen LogP contribution in [0.25, 0.3) is 0 Å². The summed E-state index contributed by atoms with van der Waals surface area (Å²) in [6.07, 6.45) is 0. The van der Waals surface area contributed by atoms with Crippen molar-refractivity contribution in [2.24, 2.45) is 0 Å². The molecule has 0 heterocycles. The Balaban J connectivity index is 2.34. The van der Waals surface area contributed by atoms with Crippen LogP contribution in [0, 0.1) is 0 Å². The van der Waals surface area contributed by atoms with E-state index in [0.717, 1.165) is 0 Å². The summed E-state index contributed by atoms with van der Waals surface area (Å²) in [5.74, 6) is 0. The Morgan fingerprint density at radius 3 is 1.09 bits per heavy atom. The molecule has 0 saturated heterocycles. The molecule has 0 N–H and O–H groups in total. The molecule has 3 rings (SSSR count). The van der Waals surface area contributed by atoms with Crippen LogP contribution in [0.5, 0.6) is 0 Å². The van der Waals surface area contributed by atoms with Gasteiger partial charge in [-0.2, -0.15) is 0 Å². The van der Waals surface area contributed by atoms with Crippen molar-refractivity contribution in [1.82, 2.24) is 0 Å². The minimum atomic E-state index is -0.860. The fourth-order valence-corrected chi connectivity index (χ4v) is 7.17. The van der Waals surface area contributed by atoms with E-state index in [0.29, 0.717) is 0 Å². The summed E-state index contributed by atoms with van der Waals surface area (Å²) in [5, 5.41) is -1.18. The molecule has 22 heavy (non-hydrogen) atoms. The van der Waals surface area contributed by atoms with E-state index in [9.17, 15) is 0 Å². The van der Waals surface area contributed by atoms with Crippen molar-refractivity contribution >= 4 is 16.4 Å². The number of hydrogen-bond acceptors (Lipinski definition) is 0. The summed E-state index contributed by atoms with van der Waals surface area (Å²) in [7, 11) is 0. The third-order valence-electron chi connectivity index (χ3n) is 3.80. The molecule has 3 heteroatoms. The van der Waals surface area contributed by atoms with Crippen LogP contribution < -0.4 is 0 Å². The Hall–Kier alpha value is -0.880. The van der Waals surface area contributed by atoms with Gasteiger partial charge < -0.3 is 0 Å². The molecule has 3 aromatic rings. The first-order chi connectivity index (χ1) is 10.8. The van der Waals surface area contributed by atoms with Gasteiger partial charge in [-0.3, -0.25) is 0 Å². The summed E-state index contributed by atoms with van der Waals surface area (Å²) < 4.78 is 0. The molecule has 0 nitrogen and oxygen atoms in total. The zero-order valence-corrected chi connectivity index (χ0v) is 15.6. The van der Waals surface area contributed by atoms with E-state index >= 15 is 0 Å².